The van der Waals surface area contributed by atoms with Crippen LogP contribution in [0.3, 0.4) is 0 Å². The number of rotatable bonds is 5. The lowest BCUT2D eigenvalue weighted by molar-refractivity contribution is 0.0690. The van der Waals surface area contributed by atoms with Crippen LogP contribution in [0.2, 0.25) is 0 Å². The van der Waals surface area contributed by atoms with Gasteiger partial charge in [-0.05, 0) is 12.1 Å². The van der Waals surface area contributed by atoms with Gasteiger partial charge in [0.05, 0.1) is 18.2 Å². The third kappa shape index (κ3) is 3.04. The molecule has 88 valence electrons. The molecule has 0 radical (unpaired) electrons. The second kappa shape index (κ2) is 5.11. The topological polar surface area (TPSA) is 80.0 Å². The molecule has 0 fully saturated rings. The van der Waals surface area contributed by atoms with Crippen molar-refractivity contribution in [1.29, 1.82) is 0 Å². The standard InChI is InChI=1S/C11H12N4O2/c16-11(17)10-2-1-9(7-14-10)13-4-6-15-5-3-12-8-15/h1-3,5,7-8,13H,4,6H2,(H,16,17). The number of carboxylic acids is 1. The molecule has 2 heterocycles. The highest BCUT2D eigenvalue weighted by Crippen LogP contribution is 2.05. The molecule has 6 heteroatoms. The van der Waals surface area contributed by atoms with E-state index in [2.05, 4.69) is 15.3 Å². The number of pyridine rings is 1. The van der Waals surface area contributed by atoms with E-state index in [1.54, 1.807) is 18.6 Å². The Morgan fingerprint density at radius 3 is 2.94 bits per heavy atom. The summed E-state index contributed by atoms with van der Waals surface area (Å²) >= 11 is 0. The maximum absolute atomic E-state index is 10.6. The largest absolute Gasteiger partial charge is 0.477 e. The molecular formula is C11H12N4O2. The molecule has 2 aromatic heterocycles. The Bertz CT molecular complexity index is 479. The molecule has 0 amide bonds. The van der Waals surface area contributed by atoms with Crippen molar-refractivity contribution in [3.8, 4) is 0 Å². The second-order valence-electron chi connectivity index (χ2n) is 3.46. The van der Waals surface area contributed by atoms with Gasteiger partial charge in [-0.15, -0.1) is 0 Å². The summed E-state index contributed by atoms with van der Waals surface area (Å²) in [4.78, 5) is 18.3. The average Bonchev–Trinajstić information content (AvgIpc) is 2.83. The number of imidazole rings is 1. The van der Waals surface area contributed by atoms with Gasteiger partial charge in [-0.25, -0.2) is 14.8 Å². The molecule has 0 saturated heterocycles. The highest BCUT2D eigenvalue weighted by atomic mass is 16.4. The maximum atomic E-state index is 10.6. The van der Waals surface area contributed by atoms with Crippen molar-refractivity contribution in [2.75, 3.05) is 11.9 Å². The molecule has 2 N–H and O–H groups in total. The first-order valence-corrected chi connectivity index (χ1v) is 5.14. The van der Waals surface area contributed by atoms with Gasteiger partial charge >= 0.3 is 5.97 Å². The van der Waals surface area contributed by atoms with Crippen LogP contribution < -0.4 is 5.32 Å². The summed E-state index contributed by atoms with van der Waals surface area (Å²) in [5.41, 5.74) is 0.847. The number of aromatic nitrogens is 3. The van der Waals surface area contributed by atoms with Crippen LogP contribution in [0.15, 0.2) is 37.1 Å². The van der Waals surface area contributed by atoms with Gasteiger partial charge in [0.2, 0.25) is 0 Å². The van der Waals surface area contributed by atoms with Crippen LogP contribution in [0.25, 0.3) is 0 Å². The summed E-state index contributed by atoms with van der Waals surface area (Å²) in [5.74, 6) is -1.02. The van der Waals surface area contributed by atoms with Crippen LogP contribution in [0.4, 0.5) is 5.69 Å². The number of carboxylic acid groups (broad SMARTS) is 1. The van der Waals surface area contributed by atoms with Crippen LogP contribution >= 0.6 is 0 Å². The third-order valence-electron chi connectivity index (χ3n) is 2.24. The lowest BCUT2D eigenvalue weighted by Gasteiger charge is -2.06. The van der Waals surface area contributed by atoms with E-state index in [1.165, 1.54) is 12.3 Å². The lowest BCUT2D eigenvalue weighted by Crippen LogP contribution is -2.09. The fourth-order valence-electron chi connectivity index (χ4n) is 1.37. The summed E-state index contributed by atoms with van der Waals surface area (Å²) in [7, 11) is 0. The van der Waals surface area contributed by atoms with E-state index < -0.39 is 5.97 Å². The van der Waals surface area contributed by atoms with Gasteiger partial charge in [0.15, 0.2) is 0 Å². The molecule has 0 unspecified atom stereocenters. The predicted octanol–water partition coefficient (Wildman–Crippen LogP) is 1.09. The molecule has 0 spiro atoms. The van der Waals surface area contributed by atoms with Crippen molar-refractivity contribution in [3.63, 3.8) is 0 Å². The molecule has 0 aromatic carbocycles. The van der Waals surface area contributed by atoms with E-state index in [9.17, 15) is 4.79 Å². The van der Waals surface area contributed by atoms with Gasteiger partial charge in [-0.3, -0.25) is 0 Å². The summed E-state index contributed by atoms with van der Waals surface area (Å²) in [6.07, 6.45) is 6.86. The van der Waals surface area contributed by atoms with Crippen molar-refractivity contribution in [2.24, 2.45) is 0 Å². The van der Waals surface area contributed by atoms with Gasteiger partial charge in [-0.2, -0.15) is 0 Å². The van der Waals surface area contributed by atoms with E-state index in [4.69, 9.17) is 5.11 Å². The minimum Gasteiger partial charge on any atom is -0.477 e. The van der Waals surface area contributed by atoms with Crippen LogP contribution in [0.1, 0.15) is 10.5 Å². The Morgan fingerprint density at radius 2 is 2.35 bits per heavy atom. The number of nitrogens with zero attached hydrogens (tertiary/aromatic N) is 3. The number of anilines is 1. The Hall–Kier alpha value is -2.37. The summed E-state index contributed by atoms with van der Waals surface area (Å²) < 4.78 is 1.95. The fraction of sp³-hybridized carbons (Fsp3) is 0.182. The average molecular weight is 232 g/mol. The number of aromatic carboxylic acids is 1. The zero-order valence-electron chi connectivity index (χ0n) is 9.08. The molecule has 0 aliphatic rings. The maximum Gasteiger partial charge on any atom is 0.354 e. The van der Waals surface area contributed by atoms with E-state index in [1.807, 2.05) is 10.8 Å². The van der Waals surface area contributed by atoms with Gasteiger partial charge in [0, 0.05) is 25.5 Å². The summed E-state index contributed by atoms with van der Waals surface area (Å²) in [6.45, 7) is 1.52. The normalized spacial score (nSPS) is 10.1. The predicted molar refractivity (Wildman–Crippen MR) is 61.9 cm³/mol. The highest BCUT2D eigenvalue weighted by molar-refractivity contribution is 5.85. The molecule has 2 aromatic rings. The first-order valence-electron chi connectivity index (χ1n) is 5.14. The SMILES string of the molecule is O=C(O)c1ccc(NCCn2ccnc2)cn1. The zero-order chi connectivity index (χ0) is 12.1. The molecule has 0 aliphatic carbocycles. The summed E-state index contributed by atoms with van der Waals surface area (Å²) in [5, 5.41) is 11.8. The Balaban J connectivity index is 1.85. The second-order valence-corrected chi connectivity index (χ2v) is 3.46. The number of nitrogens with one attached hydrogen (secondary N) is 1. The van der Waals surface area contributed by atoms with Crippen molar-refractivity contribution < 1.29 is 9.90 Å². The van der Waals surface area contributed by atoms with Gasteiger partial charge in [0.1, 0.15) is 5.69 Å². The van der Waals surface area contributed by atoms with E-state index in [-0.39, 0.29) is 5.69 Å². The van der Waals surface area contributed by atoms with Gasteiger partial charge in [-0.1, -0.05) is 0 Å². The molecule has 17 heavy (non-hydrogen) atoms. The van der Waals surface area contributed by atoms with Gasteiger partial charge < -0.3 is 15.0 Å². The number of hydrogen-bond donors (Lipinski definition) is 2. The molecule has 2 rings (SSSR count). The monoisotopic (exact) mass is 232 g/mol. The van der Waals surface area contributed by atoms with E-state index in [0.29, 0.717) is 0 Å². The van der Waals surface area contributed by atoms with Crippen LogP contribution in [0, 0.1) is 0 Å². The van der Waals surface area contributed by atoms with Crippen LogP contribution in [0.5, 0.6) is 0 Å². The Morgan fingerprint density at radius 1 is 1.47 bits per heavy atom. The lowest BCUT2D eigenvalue weighted by atomic mass is 10.3. The van der Waals surface area contributed by atoms with Crippen LogP contribution in [-0.4, -0.2) is 32.2 Å². The minimum absolute atomic E-state index is 0.0464. The highest BCUT2D eigenvalue weighted by Gasteiger charge is 2.02. The molecular weight excluding hydrogens is 220 g/mol. The molecule has 0 atom stereocenters. The quantitative estimate of drug-likeness (QED) is 0.806. The number of carbonyl (C=O) groups is 1. The molecule has 0 saturated carbocycles. The Labute approximate surface area is 97.9 Å². The fourth-order valence-corrected chi connectivity index (χ4v) is 1.37. The summed E-state index contributed by atoms with van der Waals surface area (Å²) in [6, 6.07) is 3.17. The van der Waals surface area contributed by atoms with Crippen molar-refractivity contribution in [3.05, 3.63) is 42.7 Å². The first kappa shape index (κ1) is 11.1. The minimum atomic E-state index is -1.02. The molecule has 6 nitrogen and oxygen atoms in total. The zero-order valence-corrected chi connectivity index (χ0v) is 9.08. The molecule has 0 aliphatic heterocycles. The van der Waals surface area contributed by atoms with Crippen molar-refractivity contribution >= 4 is 11.7 Å². The molecule has 0 bridgehead atoms. The number of hydrogen-bond acceptors (Lipinski definition) is 4. The van der Waals surface area contributed by atoms with Crippen molar-refractivity contribution in [1.82, 2.24) is 14.5 Å². The Kier molecular flexibility index (Phi) is 3.34. The van der Waals surface area contributed by atoms with Crippen LogP contribution in [-0.2, 0) is 6.54 Å². The van der Waals surface area contributed by atoms with Crippen molar-refractivity contribution in [2.45, 2.75) is 6.54 Å². The third-order valence-corrected chi connectivity index (χ3v) is 2.24. The van der Waals surface area contributed by atoms with E-state index in [0.717, 1.165) is 18.8 Å². The first-order chi connectivity index (χ1) is 8.25. The smallest absolute Gasteiger partial charge is 0.354 e. The van der Waals surface area contributed by atoms with E-state index >= 15 is 0 Å². The van der Waals surface area contributed by atoms with Gasteiger partial charge in [0.25, 0.3) is 0 Å².